The largest absolute Gasteiger partial charge is 0.464 e. The van der Waals surface area contributed by atoms with Crippen molar-refractivity contribution in [1.82, 2.24) is 0 Å². The van der Waals surface area contributed by atoms with Gasteiger partial charge in [-0.15, -0.1) is 0 Å². The Kier molecular flexibility index (Phi) is 6.56. The number of benzene rings is 2. The van der Waals surface area contributed by atoms with E-state index in [1.807, 2.05) is 19.1 Å². The SMILES string of the molecule is [3H]C(OC1CCC(c2ccccc2)(c2ccccc2)CC1)C(=O)OCCCC. The summed E-state index contributed by atoms with van der Waals surface area (Å²) in [6.45, 7) is 1.16. The Morgan fingerprint density at radius 1 is 1.04 bits per heavy atom. The fraction of sp³-hybridized carbons (Fsp3) is 0.458. The molecule has 0 saturated heterocycles. The van der Waals surface area contributed by atoms with E-state index >= 15 is 0 Å². The van der Waals surface area contributed by atoms with E-state index in [0.717, 1.165) is 38.5 Å². The van der Waals surface area contributed by atoms with Gasteiger partial charge in [-0.3, -0.25) is 0 Å². The second-order valence-corrected chi connectivity index (χ2v) is 7.29. The molecule has 27 heavy (non-hydrogen) atoms. The lowest BCUT2D eigenvalue weighted by Gasteiger charge is -2.41. The van der Waals surface area contributed by atoms with E-state index in [-0.39, 0.29) is 11.5 Å². The first-order valence-corrected chi connectivity index (χ1v) is 10.0. The molecule has 0 amide bonds. The Hall–Kier alpha value is -2.13. The van der Waals surface area contributed by atoms with Crippen LogP contribution < -0.4 is 0 Å². The van der Waals surface area contributed by atoms with Gasteiger partial charge in [0.25, 0.3) is 0 Å². The van der Waals surface area contributed by atoms with Crippen LogP contribution in [0.5, 0.6) is 0 Å². The zero-order valence-corrected chi connectivity index (χ0v) is 16.1. The van der Waals surface area contributed by atoms with E-state index in [0.29, 0.717) is 6.61 Å². The number of unbranched alkanes of at least 4 members (excludes halogenated alkanes) is 1. The predicted molar refractivity (Wildman–Crippen MR) is 108 cm³/mol. The van der Waals surface area contributed by atoms with Crippen molar-refractivity contribution >= 4 is 5.97 Å². The molecule has 1 saturated carbocycles. The average Bonchev–Trinajstić information content (AvgIpc) is 2.75. The molecule has 0 heterocycles. The molecule has 1 aliphatic rings. The van der Waals surface area contributed by atoms with Gasteiger partial charge in [0.15, 0.2) is 0 Å². The minimum absolute atomic E-state index is 0.0401. The minimum Gasteiger partial charge on any atom is -0.464 e. The molecule has 2 aromatic rings. The molecule has 3 nitrogen and oxygen atoms in total. The van der Waals surface area contributed by atoms with Gasteiger partial charge in [0.05, 0.1) is 14.1 Å². The summed E-state index contributed by atoms with van der Waals surface area (Å²) in [7, 11) is 0. The molecule has 144 valence electrons. The molecule has 1 fully saturated rings. The van der Waals surface area contributed by atoms with Crippen LogP contribution in [0, 0.1) is 0 Å². The third-order valence-corrected chi connectivity index (χ3v) is 5.54. The van der Waals surface area contributed by atoms with Gasteiger partial charge in [-0.25, -0.2) is 4.79 Å². The third kappa shape index (κ3) is 4.98. The van der Waals surface area contributed by atoms with Gasteiger partial charge in [-0.2, -0.15) is 0 Å². The molecular formula is C24H30O3. The van der Waals surface area contributed by atoms with E-state index in [1.165, 1.54) is 11.1 Å². The first kappa shape index (κ1) is 18.2. The predicted octanol–water partition coefficient (Wildman–Crippen LogP) is 5.28. The van der Waals surface area contributed by atoms with Crippen LogP contribution in [0.4, 0.5) is 0 Å². The first-order valence-electron chi connectivity index (χ1n) is 10.6. The van der Waals surface area contributed by atoms with Gasteiger partial charge < -0.3 is 9.47 Å². The number of rotatable bonds is 8. The van der Waals surface area contributed by atoms with Crippen LogP contribution in [0.2, 0.25) is 0 Å². The number of hydrogen-bond acceptors (Lipinski definition) is 3. The summed E-state index contributed by atoms with van der Waals surface area (Å²) in [6, 6.07) is 21.3. The lowest BCUT2D eigenvalue weighted by Crippen LogP contribution is -2.36. The van der Waals surface area contributed by atoms with Crippen LogP contribution in [0.25, 0.3) is 0 Å². The summed E-state index contributed by atoms with van der Waals surface area (Å²) >= 11 is 0. The molecule has 2 aromatic carbocycles. The zero-order chi connectivity index (χ0) is 19.8. The molecule has 1 atom stereocenters. The molecule has 3 heteroatoms. The van der Waals surface area contributed by atoms with Crippen molar-refractivity contribution < 1.29 is 15.6 Å². The summed E-state index contributed by atoms with van der Waals surface area (Å²) in [6.07, 6.45) is 5.20. The summed E-state index contributed by atoms with van der Waals surface area (Å²) in [5.74, 6) is -0.573. The Labute approximate surface area is 164 Å². The monoisotopic (exact) mass is 368 g/mol. The second-order valence-electron chi connectivity index (χ2n) is 7.29. The summed E-state index contributed by atoms with van der Waals surface area (Å²) in [4.78, 5) is 11.9. The van der Waals surface area contributed by atoms with Crippen molar-refractivity contribution in [1.29, 1.82) is 0 Å². The Bertz CT molecular complexity index is 683. The van der Waals surface area contributed by atoms with Crippen LogP contribution in [-0.4, -0.2) is 25.3 Å². The van der Waals surface area contributed by atoms with Gasteiger partial charge in [0.1, 0.15) is 6.58 Å². The maximum atomic E-state index is 11.9. The number of ether oxygens (including phenoxy) is 2. The average molecular weight is 369 g/mol. The van der Waals surface area contributed by atoms with Gasteiger partial charge in [-0.1, -0.05) is 74.0 Å². The molecule has 1 aliphatic carbocycles. The molecule has 0 aliphatic heterocycles. The van der Waals surface area contributed by atoms with Crippen LogP contribution in [0.15, 0.2) is 60.7 Å². The van der Waals surface area contributed by atoms with E-state index in [9.17, 15) is 4.79 Å². The highest BCUT2D eigenvalue weighted by Gasteiger charge is 2.38. The van der Waals surface area contributed by atoms with Crippen LogP contribution in [0.1, 0.15) is 57.9 Å². The lowest BCUT2D eigenvalue weighted by atomic mass is 9.65. The Morgan fingerprint density at radius 3 is 2.11 bits per heavy atom. The Morgan fingerprint density at radius 2 is 1.59 bits per heavy atom. The maximum absolute atomic E-state index is 11.9. The van der Waals surface area contributed by atoms with Gasteiger partial charge in [0.2, 0.25) is 0 Å². The first-order chi connectivity index (χ1) is 13.7. The molecule has 0 bridgehead atoms. The Balaban J connectivity index is 1.66. The van der Waals surface area contributed by atoms with E-state index < -0.39 is 12.6 Å². The van der Waals surface area contributed by atoms with Crippen molar-refractivity contribution in [2.45, 2.75) is 57.0 Å². The quantitative estimate of drug-likeness (QED) is 0.470. The summed E-state index contributed by atoms with van der Waals surface area (Å²) < 4.78 is 18.8. The van der Waals surface area contributed by atoms with E-state index in [4.69, 9.17) is 10.8 Å². The van der Waals surface area contributed by atoms with Gasteiger partial charge in [0, 0.05) is 5.41 Å². The number of esters is 1. The molecule has 0 spiro atoms. The minimum atomic E-state index is -1.25. The fourth-order valence-corrected chi connectivity index (χ4v) is 3.98. The number of hydrogen-bond donors (Lipinski definition) is 0. The molecule has 0 aromatic heterocycles. The van der Waals surface area contributed by atoms with Crippen molar-refractivity contribution in [2.24, 2.45) is 0 Å². The van der Waals surface area contributed by atoms with Crippen LogP contribution in [-0.2, 0) is 19.7 Å². The summed E-state index contributed by atoms with van der Waals surface area (Å²) in [5, 5.41) is 0. The fourth-order valence-electron chi connectivity index (χ4n) is 3.98. The standard InChI is InChI=1S/C24H30O3/c1-2-3-18-26-23(25)19-27-22-14-16-24(17-15-22,20-10-6-4-7-11-20)21-12-8-5-9-13-21/h4-13,22H,2-3,14-19H2,1H3/i19T. The second kappa shape index (κ2) is 9.70. The molecule has 0 N–H and O–H groups in total. The van der Waals surface area contributed by atoms with Crippen molar-refractivity contribution in [2.75, 3.05) is 13.2 Å². The van der Waals surface area contributed by atoms with Gasteiger partial charge in [-0.05, 0) is 43.2 Å². The van der Waals surface area contributed by atoms with Crippen LogP contribution in [0.3, 0.4) is 0 Å². The van der Waals surface area contributed by atoms with Crippen molar-refractivity contribution in [3.05, 3.63) is 71.8 Å². The van der Waals surface area contributed by atoms with Crippen molar-refractivity contribution in [3.63, 3.8) is 0 Å². The maximum Gasteiger partial charge on any atom is 0.332 e. The molecule has 1 unspecified atom stereocenters. The van der Waals surface area contributed by atoms with Gasteiger partial charge >= 0.3 is 5.97 Å². The topological polar surface area (TPSA) is 35.5 Å². The highest BCUT2D eigenvalue weighted by atomic mass is 16.6. The smallest absolute Gasteiger partial charge is 0.332 e. The van der Waals surface area contributed by atoms with Crippen LogP contribution >= 0.6 is 0 Å². The molecule has 3 rings (SSSR count). The highest BCUT2D eigenvalue weighted by molar-refractivity contribution is 5.70. The van der Waals surface area contributed by atoms with E-state index in [2.05, 4.69) is 48.5 Å². The highest BCUT2D eigenvalue weighted by Crippen LogP contribution is 2.45. The van der Waals surface area contributed by atoms with Crippen molar-refractivity contribution in [3.8, 4) is 0 Å². The normalized spacial score (nSPS) is 18.5. The number of carbonyl (C=O) groups is 1. The van der Waals surface area contributed by atoms with E-state index in [1.54, 1.807) is 0 Å². The summed E-state index contributed by atoms with van der Waals surface area (Å²) in [5.41, 5.74) is 2.60. The molecular weight excluding hydrogens is 336 g/mol. The number of carbonyl (C=O) groups excluding carboxylic acids is 1. The lowest BCUT2D eigenvalue weighted by molar-refractivity contribution is -0.152. The third-order valence-electron chi connectivity index (χ3n) is 5.54. The molecule has 0 radical (unpaired) electrons. The zero-order valence-electron chi connectivity index (χ0n) is 17.1.